The van der Waals surface area contributed by atoms with Gasteiger partial charge in [-0.25, -0.2) is 12.8 Å². The van der Waals surface area contributed by atoms with E-state index in [1.165, 1.54) is 6.07 Å². The van der Waals surface area contributed by atoms with Crippen LogP contribution in [-0.4, -0.2) is 19.3 Å². The molecule has 0 aliphatic carbocycles. The minimum Gasteiger partial charge on any atom is -0.537 e. The first-order valence-electron chi connectivity index (χ1n) is 8.51. The van der Waals surface area contributed by atoms with Crippen molar-refractivity contribution in [2.45, 2.75) is 18.0 Å². The van der Waals surface area contributed by atoms with Crippen molar-refractivity contribution in [2.24, 2.45) is 0 Å². The normalized spacial score (nSPS) is 11.6. The van der Waals surface area contributed by atoms with Crippen molar-refractivity contribution in [3.05, 3.63) is 87.0 Å². The molecular formula is C20H12ClF4KN2O3S. The second-order valence-electron chi connectivity index (χ2n) is 6.38. The molecule has 0 aliphatic rings. The Morgan fingerprint density at radius 3 is 2.34 bits per heavy atom. The number of pyridine rings is 1. The van der Waals surface area contributed by atoms with Gasteiger partial charge in [-0.2, -0.15) is 13.2 Å². The second kappa shape index (κ2) is 10.3. The van der Waals surface area contributed by atoms with Crippen molar-refractivity contribution < 1.29 is 82.2 Å². The van der Waals surface area contributed by atoms with Crippen LogP contribution in [0.3, 0.4) is 0 Å². The fraction of sp³-hybridized carbons (Fsp3) is 0.100. The number of carbonyl (C=O) groups excluding carboxylic acids is 1. The average molecular weight is 511 g/mol. The van der Waals surface area contributed by atoms with Crippen molar-refractivity contribution in [3.63, 3.8) is 0 Å². The Hall–Kier alpha value is -1.34. The van der Waals surface area contributed by atoms with Gasteiger partial charge < -0.3 is 9.52 Å². The van der Waals surface area contributed by atoms with E-state index in [2.05, 4.69) is 9.71 Å². The molecule has 3 aromatic rings. The zero-order chi connectivity index (χ0) is 23.0. The molecule has 0 fully saturated rings. The zero-order valence-electron chi connectivity index (χ0n) is 16.6. The first-order valence-corrected chi connectivity index (χ1v) is 10.3. The molecule has 1 heterocycles. The largest absolute Gasteiger partial charge is 1.00 e. The summed E-state index contributed by atoms with van der Waals surface area (Å²) in [5.74, 6) is -2.91. The molecule has 0 N–H and O–H groups in total. The Bertz CT molecular complexity index is 1280. The zero-order valence-corrected chi connectivity index (χ0v) is 21.3. The van der Waals surface area contributed by atoms with Crippen LogP contribution in [0.2, 0.25) is 5.02 Å². The van der Waals surface area contributed by atoms with Crippen LogP contribution >= 0.6 is 11.6 Å². The van der Waals surface area contributed by atoms with Crippen molar-refractivity contribution >= 4 is 27.5 Å². The number of rotatable bonds is 4. The number of amides is 1. The fourth-order valence-corrected chi connectivity index (χ4v) is 3.93. The minimum atomic E-state index is -5.08. The van der Waals surface area contributed by atoms with Gasteiger partial charge in [0.2, 0.25) is 0 Å². The monoisotopic (exact) mass is 510 g/mol. The predicted octanol–water partition coefficient (Wildman–Crippen LogP) is 2.78. The molecule has 0 bridgehead atoms. The molecule has 0 spiro atoms. The number of aryl methyl sites for hydroxylation is 1. The molecule has 162 valence electrons. The fourth-order valence-electron chi connectivity index (χ4n) is 2.77. The van der Waals surface area contributed by atoms with E-state index in [4.69, 9.17) is 11.6 Å². The summed E-state index contributed by atoms with van der Waals surface area (Å²) in [4.78, 5) is 15.8. The molecule has 0 saturated carbocycles. The molecule has 1 aromatic heterocycles. The summed E-state index contributed by atoms with van der Waals surface area (Å²) in [6.07, 6.45) is -4.16. The molecule has 2 aromatic carbocycles. The summed E-state index contributed by atoms with van der Waals surface area (Å²) in [5.41, 5.74) is -1.40. The van der Waals surface area contributed by atoms with Crippen LogP contribution in [-0.2, 0) is 16.2 Å². The molecule has 0 atom stereocenters. The van der Waals surface area contributed by atoms with Crippen molar-refractivity contribution in [2.75, 3.05) is 0 Å². The molecule has 32 heavy (non-hydrogen) atoms. The van der Waals surface area contributed by atoms with Crippen LogP contribution in [0.4, 0.5) is 17.6 Å². The Kier molecular flexibility index (Phi) is 8.65. The van der Waals surface area contributed by atoms with Crippen LogP contribution in [0.1, 0.15) is 21.5 Å². The number of hydrogen-bond donors (Lipinski definition) is 0. The minimum absolute atomic E-state index is 0. The predicted molar refractivity (Wildman–Crippen MR) is 106 cm³/mol. The van der Waals surface area contributed by atoms with Gasteiger partial charge in [0.25, 0.3) is 0 Å². The molecule has 3 rings (SSSR count). The standard InChI is InChI=1S/C20H13ClF4N2O3S.K/c1-11-8-13(10-26-18(11)15-4-2-3-5-17(15)21)31(29,30)27-19(28)14-7-6-12(22)9-16(14)20(23,24)25;/h2-10H,1H3,(H,27,28);/q;+1/p-1. The van der Waals surface area contributed by atoms with Gasteiger partial charge in [0, 0.05) is 22.3 Å². The Balaban J connectivity index is 0.00000363. The van der Waals surface area contributed by atoms with Gasteiger partial charge in [0.05, 0.1) is 22.1 Å². The molecule has 0 aliphatic heterocycles. The van der Waals surface area contributed by atoms with Gasteiger partial charge in [-0.1, -0.05) is 29.8 Å². The Labute approximate surface area is 228 Å². The summed E-state index contributed by atoms with van der Waals surface area (Å²) >= 11 is 6.12. The van der Waals surface area contributed by atoms with Crippen molar-refractivity contribution in [1.82, 2.24) is 4.98 Å². The van der Waals surface area contributed by atoms with Crippen LogP contribution in [0.5, 0.6) is 0 Å². The van der Waals surface area contributed by atoms with Crippen molar-refractivity contribution in [1.29, 1.82) is 0 Å². The van der Waals surface area contributed by atoms with Gasteiger partial charge in [-0.3, -0.25) is 4.98 Å². The summed E-state index contributed by atoms with van der Waals surface area (Å²) < 4.78 is 80.5. The number of aromatic nitrogens is 1. The quantitative estimate of drug-likeness (QED) is 0.399. The first kappa shape index (κ1) is 26.9. The van der Waals surface area contributed by atoms with E-state index in [0.29, 0.717) is 34.0 Å². The second-order valence-corrected chi connectivity index (χ2v) is 8.39. The number of hydrogen-bond acceptors (Lipinski definition) is 4. The van der Waals surface area contributed by atoms with Crippen LogP contribution in [0.25, 0.3) is 16.0 Å². The third-order valence-corrected chi connectivity index (χ3v) is 5.76. The van der Waals surface area contributed by atoms with E-state index in [-0.39, 0.29) is 57.5 Å². The average Bonchev–Trinajstić information content (AvgIpc) is 2.67. The summed E-state index contributed by atoms with van der Waals surface area (Å²) in [6, 6.07) is 9.12. The van der Waals surface area contributed by atoms with Crippen LogP contribution < -0.4 is 51.4 Å². The molecule has 5 nitrogen and oxygen atoms in total. The van der Waals surface area contributed by atoms with E-state index in [1.807, 2.05) is 0 Å². The number of benzene rings is 2. The number of carbonyl (C=O) groups is 1. The van der Waals surface area contributed by atoms with E-state index >= 15 is 0 Å². The maximum atomic E-state index is 13.2. The maximum Gasteiger partial charge on any atom is 1.00 e. The van der Waals surface area contributed by atoms with Gasteiger partial charge in [0.15, 0.2) is 0 Å². The number of sulfonamides is 1. The van der Waals surface area contributed by atoms with Crippen LogP contribution in [0, 0.1) is 12.7 Å². The molecular weight excluding hydrogens is 499 g/mol. The SMILES string of the molecule is Cc1cc(S(=O)(=O)[N-]C(=O)c2ccc(F)cc2C(F)(F)F)cnc1-c1ccccc1Cl.[K+]. The first-order chi connectivity index (χ1) is 14.4. The Morgan fingerprint density at radius 1 is 1.09 bits per heavy atom. The van der Waals surface area contributed by atoms with E-state index in [0.717, 1.165) is 6.20 Å². The Morgan fingerprint density at radius 2 is 1.75 bits per heavy atom. The van der Waals surface area contributed by atoms with Gasteiger partial charge in [-0.15, -0.1) is 0 Å². The smallest absolute Gasteiger partial charge is 0.537 e. The third kappa shape index (κ3) is 5.96. The molecule has 0 radical (unpaired) electrons. The van der Waals surface area contributed by atoms with E-state index in [9.17, 15) is 30.8 Å². The van der Waals surface area contributed by atoms with Crippen molar-refractivity contribution in [3.8, 4) is 11.3 Å². The number of halogens is 5. The third-order valence-electron chi connectivity index (χ3n) is 4.20. The van der Waals surface area contributed by atoms with Gasteiger partial charge >= 0.3 is 57.6 Å². The van der Waals surface area contributed by atoms with Gasteiger partial charge in [0.1, 0.15) is 15.8 Å². The summed E-state index contributed by atoms with van der Waals surface area (Å²) in [5, 5.41) is 0.379. The summed E-state index contributed by atoms with van der Waals surface area (Å²) in [6.45, 7) is 1.55. The molecule has 0 unspecified atom stereocenters. The van der Waals surface area contributed by atoms with E-state index in [1.54, 1.807) is 31.2 Å². The molecule has 1 amide bonds. The number of alkyl halides is 3. The van der Waals surface area contributed by atoms with E-state index < -0.39 is 43.9 Å². The molecule has 12 heteroatoms. The topological polar surface area (TPSA) is 78.2 Å². The number of nitrogens with zero attached hydrogens (tertiary/aromatic N) is 2. The summed E-state index contributed by atoms with van der Waals surface area (Å²) in [7, 11) is -4.69. The maximum absolute atomic E-state index is 13.2. The van der Waals surface area contributed by atoms with Crippen LogP contribution in [0.15, 0.2) is 59.6 Å². The molecule has 0 saturated heterocycles. The van der Waals surface area contributed by atoms with Gasteiger partial charge in [-0.05, 0) is 42.8 Å².